The molecule has 0 saturated carbocycles. The Labute approximate surface area is 109 Å². The predicted octanol–water partition coefficient (Wildman–Crippen LogP) is 1.51. The maximum absolute atomic E-state index is 5.79. The lowest BCUT2D eigenvalue weighted by atomic mass is 10.1. The van der Waals surface area contributed by atoms with Crippen LogP contribution in [0.2, 0.25) is 0 Å². The number of nitrogens with one attached hydrogen (secondary N) is 1. The zero-order chi connectivity index (χ0) is 12.8. The molecular weight excluding hydrogens is 228 g/mol. The summed E-state index contributed by atoms with van der Waals surface area (Å²) in [5.74, 6) is 0.948. The SMILES string of the molecule is COCCOc1ccccc1N1CCNC[C@H]1C. The first-order chi connectivity index (χ1) is 8.83. The second kappa shape index (κ2) is 6.61. The Hall–Kier alpha value is -1.26. The van der Waals surface area contributed by atoms with Crippen LogP contribution in [-0.4, -0.2) is 46.0 Å². The Kier molecular flexibility index (Phi) is 4.84. The normalized spacial score (nSPS) is 19.9. The van der Waals surface area contributed by atoms with E-state index in [4.69, 9.17) is 9.47 Å². The highest BCUT2D eigenvalue weighted by Crippen LogP contribution is 2.29. The van der Waals surface area contributed by atoms with Crippen LogP contribution >= 0.6 is 0 Å². The molecule has 1 aliphatic heterocycles. The average Bonchev–Trinajstić information content (AvgIpc) is 2.40. The average molecular weight is 250 g/mol. The van der Waals surface area contributed by atoms with E-state index >= 15 is 0 Å². The van der Waals surface area contributed by atoms with Crippen molar-refractivity contribution in [1.29, 1.82) is 0 Å². The maximum Gasteiger partial charge on any atom is 0.142 e. The molecule has 4 nitrogen and oxygen atoms in total. The number of piperazine rings is 1. The van der Waals surface area contributed by atoms with E-state index in [1.165, 1.54) is 5.69 Å². The second-order valence-corrected chi connectivity index (χ2v) is 4.56. The molecule has 18 heavy (non-hydrogen) atoms. The first-order valence-corrected chi connectivity index (χ1v) is 6.51. The van der Waals surface area contributed by atoms with E-state index in [0.717, 1.165) is 25.4 Å². The Bertz CT molecular complexity index is 371. The summed E-state index contributed by atoms with van der Waals surface area (Å²) in [5.41, 5.74) is 1.18. The fourth-order valence-corrected chi connectivity index (χ4v) is 2.25. The van der Waals surface area contributed by atoms with E-state index in [2.05, 4.69) is 29.3 Å². The lowest BCUT2D eigenvalue weighted by Gasteiger charge is -2.36. The van der Waals surface area contributed by atoms with Gasteiger partial charge in [0, 0.05) is 32.8 Å². The number of hydrogen-bond donors (Lipinski definition) is 1. The third kappa shape index (κ3) is 3.15. The topological polar surface area (TPSA) is 33.7 Å². The van der Waals surface area contributed by atoms with Crippen LogP contribution in [0.4, 0.5) is 5.69 Å². The highest BCUT2D eigenvalue weighted by Gasteiger charge is 2.20. The van der Waals surface area contributed by atoms with Gasteiger partial charge < -0.3 is 19.7 Å². The van der Waals surface area contributed by atoms with Crippen LogP contribution in [0.3, 0.4) is 0 Å². The van der Waals surface area contributed by atoms with Gasteiger partial charge in [0.1, 0.15) is 12.4 Å². The second-order valence-electron chi connectivity index (χ2n) is 4.56. The largest absolute Gasteiger partial charge is 0.489 e. The van der Waals surface area contributed by atoms with Crippen LogP contribution in [0.5, 0.6) is 5.75 Å². The van der Waals surface area contributed by atoms with Crippen LogP contribution in [0.15, 0.2) is 24.3 Å². The standard InChI is InChI=1S/C14H22N2O2/c1-12-11-15-7-8-16(12)13-5-3-4-6-14(13)18-10-9-17-2/h3-6,12,15H,7-11H2,1-2H3/t12-/m1/s1. The molecule has 2 rings (SSSR count). The molecule has 0 bridgehead atoms. The van der Waals surface area contributed by atoms with Gasteiger partial charge in [0.05, 0.1) is 12.3 Å². The molecule has 1 N–H and O–H groups in total. The fraction of sp³-hybridized carbons (Fsp3) is 0.571. The van der Waals surface area contributed by atoms with Crippen molar-refractivity contribution in [2.24, 2.45) is 0 Å². The third-order valence-electron chi connectivity index (χ3n) is 3.22. The number of benzene rings is 1. The molecule has 0 aliphatic carbocycles. The van der Waals surface area contributed by atoms with E-state index in [1.54, 1.807) is 7.11 Å². The Morgan fingerprint density at radius 1 is 1.33 bits per heavy atom. The van der Waals surface area contributed by atoms with Crippen molar-refractivity contribution in [1.82, 2.24) is 5.32 Å². The number of para-hydroxylation sites is 2. The number of rotatable bonds is 5. The molecular formula is C14H22N2O2. The molecule has 1 aliphatic rings. The highest BCUT2D eigenvalue weighted by molar-refractivity contribution is 5.59. The van der Waals surface area contributed by atoms with Crippen molar-refractivity contribution in [3.63, 3.8) is 0 Å². The molecule has 0 unspecified atom stereocenters. The van der Waals surface area contributed by atoms with Gasteiger partial charge in [-0.2, -0.15) is 0 Å². The van der Waals surface area contributed by atoms with Crippen molar-refractivity contribution in [3.05, 3.63) is 24.3 Å². The third-order valence-corrected chi connectivity index (χ3v) is 3.22. The van der Waals surface area contributed by atoms with Crippen LogP contribution < -0.4 is 15.0 Å². The van der Waals surface area contributed by atoms with E-state index in [1.807, 2.05) is 12.1 Å². The first kappa shape index (κ1) is 13.2. The minimum Gasteiger partial charge on any atom is -0.489 e. The van der Waals surface area contributed by atoms with Gasteiger partial charge in [-0.25, -0.2) is 0 Å². The lowest BCUT2D eigenvalue weighted by Crippen LogP contribution is -2.50. The highest BCUT2D eigenvalue weighted by atomic mass is 16.5. The Balaban J connectivity index is 2.10. The predicted molar refractivity (Wildman–Crippen MR) is 73.5 cm³/mol. The van der Waals surface area contributed by atoms with Gasteiger partial charge in [0.15, 0.2) is 0 Å². The number of hydrogen-bond acceptors (Lipinski definition) is 4. The molecule has 4 heteroatoms. The van der Waals surface area contributed by atoms with E-state index in [9.17, 15) is 0 Å². The number of nitrogens with zero attached hydrogens (tertiary/aromatic N) is 1. The van der Waals surface area contributed by atoms with Crippen molar-refractivity contribution < 1.29 is 9.47 Å². The van der Waals surface area contributed by atoms with Crippen LogP contribution in [0.25, 0.3) is 0 Å². The molecule has 100 valence electrons. The summed E-state index contributed by atoms with van der Waals surface area (Å²) < 4.78 is 10.8. The lowest BCUT2D eigenvalue weighted by molar-refractivity contribution is 0.146. The zero-order valence-electron chi connectivity index (χ0n) is 11.2. The Morgan fingerprint density at radius 2 is 2.17 bits per heavy atom. The number of anilines is 1. The van der Waals surface area contributed by atoms with Crippen LogP contribution in [0.1, 0.15) is 6.92 Å². The molecule has 0 spiro atoms. The van der Waals surface area contributed by atoms with Gasteiger partial charge in [-0.1, -0.05) is 12.1 Å². The van der Waals surface area contributed by atoms with Gasteiger partial charge in [0.2, 0.25) is 0 Å². The van der Waals surface area contributed by atoms with Gasteiger partial charge in [0.25, 0.3) is 0 Å². The van der Waals surface area contributed by atoms with Crippen molar-refractivity contribution >= 4 is 5.69 Å². The molecule has 0 aromatic heterocycles. The monoisotopic (exact) mass is 250 g/mol. The summed E-state index contributed by atoms with van der Waals surface area (Å²) in [6, 6.07) is 8.72. The summed E-state index contributed by atoms with van der Waals surface area (Å²) >= 11 is 0. The van der Waals surface area contributed by atoms with Crippen LogP contribution in [0, 0.1) is 0 Å². The minimum absolute atomic E-state index is 0.492. The molecule has 1 heterocycles. The first-order valence-electron chi connectivity index (χ1n) is 6.51. The van der Waals surface area contributed by atoms with Gasteiger partial charge in [-0.05, 0) is 19.1 Å². The van der Waals surface area contributed by atoms with Gasteiger partial charge in [-0.15, -0.1) is 0 Å². The van der Waals surface area contributed by atoms with Crippen LogP contribution in [-0.2, 0) is 4.74 Å². The molecule has 1 aromatic rings. The summed E-state index contributed by atoms with van der Waals surface area (Å²) in [7, 11) is 1.69. The van der Waals surface area contributed by atoms with E-state index in [0.29, 0.717) is 19.3 Å². The molecule has 1 aromatic carbocycles. The smallest absolute Gasteiger partial charge is 0.142 e. The molecule has 1 fully saturated rings. The van der Waals surface area contributed by atoms with E-state index in [-0.39, 0.29) is 0 Å². The molecule has 0 amide bonds. The quantitative estimate of drug-likeness (QED) is 0.803. The fourth-order valence-electron chi connectivity index (χ4n) is 2.25. The summed E-state index contributed by atoms with van der Waals surface area (Å²) in [6.45, 7) is 6.51. The molecule has 0 radical (unpaired) electrons. The maximum atomic E-state index is 5.79. The van der Waals surface area contributed by atoms with E-state index < -0.39 is 0 Å². The number of ether oxygens (including phenoxy) is 2. The summed E-state index contributed by atoms with van der Waals surface area (Å²) in [4.78, 5) is 2.40. The summed E-state index contributed by atoms with van der Waals surface area (Å²) in [6.07, 6.45) is 0. The summed E-state index contributed by atoms with van der Waals surface area (Å²) in [5, 5.41) is 3.40. The Morgan fingerprint density at radius 3 is 2.94 bits per heavy atom. The zero-order valence-corrected chi connectivity index (χ0v) is 11.2. The van der Waals surface area contributed by atoms with Gasteiger partial charge >= 0.3 is 0 Å². The van der Waals surface area contributed by atoms with Crippen molar-refractivity contribution in [2.75, 3.05) is 44.9 Å². The van der Waals surface area contributed by atoms with Crippen molar-refractivity contribution in [2.45, 2.75) is 13.0 Å². The number of methoxy groups -OCH3 is 1. The minimum atomic E-state index is 0.492. The molecule has 1 atom stereocenters. The van der Waals surface area contributed by atoms with Gasteiger partial charge in [-0.3, -0.25) is 0 Å². The molecule has 1 saturated heterocycles. The van der Waals surface area contributed by atoms with Crippen molar-refractivity contribution in [3.8, 4) is 5.75 Å².